The first kappa shape index (κ1) is 35.0. The number of hydrogen-bond donors (Lipinski definition) is 2. The van der Waals surface area contributed by atoms with Crippen LogP contribution in [0.3, 0.4) is 0 Å². The van der Waals surface area contributed by atoms with Crippen LogP contribution < -0.4 is 25.7 Å². The van der Waals surface area contributed by atoms with Crippen LogP contribution in [0.2, 0.25) is 10.0 Å². The second-order valence-corrected chi connectivity index (χ2v) is 12.2. The molecule has 1 aromatic carbocycles. The topological polar surface area (TPSA) is 140 Å². The van der Waals surface area contributed by atoms with E-state index in [1.807, 2.05) is 7.05 Å². The second-order valence-electron chi connectivity index (χ2n) is 11.5. The Morgan fingerprint density at radius 2 is 1.85 bits per heavy atom. The molecule has 0 aliphatic carbocycles. The zero-order chi connectivity index (χ0) is 34.5. The Kier molecular flexibility index (Phi) is 11.1. The molecule has 2 aliphatic rings. The third-order valence-electron chi connectivity index (χ3n) is 8.44. The molecule has 1 unspecified atom stereocenters. The van der Waals surface area contributed by atoms with Gasteiger partial charge in [-0.3, -0.25) is 19.0 Å². The van der Waals surface area contributed by atoms with E-state index in [2.05, 4.69) is 38.9 Å². The number of rotatable bonds is 10. The van der Waals surface area contributed by atoms with E-state index < -0.39 is 5.56 Å². The standard InChI is InChI=1S/C33H37Cl2N7O6/c1-6-8-27(44)41-12-11-40(3)16-20(41)9-10-42-31-19(15-36-33(39-31)38-23-18-48-17-22(23)37-26(43)7-2)13-21(32(42)45)28-29(34)24(46-4)14-25(47-5)30(28)35/h7,13-15,20,22-23H,2,9-12,16-18H2,1,3-5H3,(H,37,43)(H,36,38,39)/t20?,22-,23+/m0/s1. The van der Waals surface area contributed by atoms with Crippen LogP contribution in [0.15, 0.2) is 35.8 Å². The Balaban J connectivity index is 1.61. The number of nitrogens with one attached hydrogen (secondary N) is 2. The number of piperazine rings is 1. The summed E-state index contributed by atoms with van der Waals surface area (Å²) >= 11 is 13.5. The number of carbonyl (C=O) groups is 2. The van der Waals surface area contributed by atoms with E-state index in [1.165, 1.54) is 20.3 Å². The maximum Gasteiger partial charge on any atom is 0.298 e. The lowest BCUT2D eigenvalue weighted by Gasteiger charge is -2.39. The molecule has 2 aromatic heterocycles. The highest BCUT2D eigenvalue weighted by Gasteiger charge is 2.31. The summed E-state index contributed by atoms with van der Waals surface area (Å²) in [6.45, 7) is 7.78. The van der Waals surface area contributed by atoms with Gasteiger partial charge in [-0.1, -0.05) is 35.7 Å². The van der Waals surface area contributed by atoms with Crippen LogP contribution in [0.4, 0.5) is 5.95 Å². The summed E-state index contributed by atoms with van der Waals surface area (Å²) in [7, 11) is 4.91. The third kappa shape index (κ3) is 7.22. The molecule has 2 fully saturated rings. The van der Waals surface area contributed by atoms with Gasteiger partial charge < -0.3 is 34.6 Å². The molecule has 0 spiro atoms. The summed E-state index contributed by atoms with van der Waals surface area (Å²) in [6.07, 6.45) is 3.22. The molecule has 2 saturated heterocycles. The number of anilines is 1. The van der Waals surface area contributed by atoms with Crippen molar-refractivity contribution >= 4 is 52.0 Å². The van der Waals surface area contributed by atoms with Gasteiger partial charge in [-0.25, -0.2) is 4.98 Å². The van der Waals surface area contributed by atoms with Crippen molar-refractivity contribution in [2.45, 2.75) is 38.0 Å². The number of methoxy groups -OCH3 is 2. The lowest BCUT2D eigenvalue weighted by Crippen LogP contribution is -2.54. The van der Waals surface area contributed by atoms with Crippen molar-refractivity contribution in [3.63, 3.8) is 0 Å². The van der Waals surface area contributed by atoms with Gasteiger partial charge in [0.25, 0.3) is 11.5 Å². The molecule has 254 valence electrons. The maximum atomic E-state index is 14.5. The zero-order valence-corrected chi connectivity index (χ0v) is 28.7. The van der Waals surface area contributed by atoms with Crippen molar-refractivity contribution in [3.05, 3.63) is 51.4 Å². The highest BCUT2D eigenvalue weighted by atomic mass is 35.5. The van der Waals surface area contributed by atoms with Gasteiger partial charge >= 0.3 is 0 Å². The number of fused-ring (bicyclic) bond motifs is 1. The minimum atomic E-state index is -0.415. The van der Waals surface area contributed by atoms with Crippen LogP contribution in [-0.2, 0) is 20.9 Å². The summed E-state index contributed by atoms with van der Waals surface area (Å²) in [5.41, 5.74) is 0.376. The lowest BCUT2D eigenvalue weighted by molar-refractivity contribution is -0.129. The Morgan fingerprint density at radius 3 is 2.52 bits per heavy atom. The molecular weight excluding hydrogens is 661 g/mol. The number of likely N-dealkylation sites (N-methyl/N-ethyl adjacent to an activating group) is 1. The average Bonchev–Trinajstić information content (AvgIpc) is 3.50. The van der Waals surface area contributed by atoms with Crippen molar-refractivity contribution in [1.29, 1.82) is 0 Å². The molecule has 4 heterocycles. The molecule has 15 heteroatoms. The number of ether oxygens (including phenoxy) is 3. The van der Waals surface area contributed by atoms with Crippen molar-refractivity contribution < 1.29 is 23.8 Å². The van der Waals surface area contributed by atoms with Gasteiger partial charge in [-0.15, -0.1) is 0 Å². The molecule has 3 aromatic rings. The predicted molar refractivity (Wildman–Crippen MR) is 184 cm³/mol. The number of amides is 2. The van der Waals surface area contributed by atoms with Crippen LogP contribution in [0.1, 0.15) is 13.3 Å². The van der Waals surface area contributed by atoms with Gasteiger partial charge in [0.15, 0.2) is 0 Å². The summed E-state index contributed by atoms with van der Waals surface area (Å²) in [5, 5.41) is 6.91. The van der Waals surface area contributed by atoms with E-state index in [0.29, 0.717) is 50.3 Å². The number of benzene rings is 1. The minimum Gasteiger partial charge on any atom is -0.495 e. The molecule has 5 rings (SSSR count). The normalized spacial score (nSPS) is 19.4. The molecule has 2 N–H and O–H groups in total. The number of nitrogens with zero attached hydrogens (tertiary/aromatic N) is 5. The summed E-state index contributed by atoms with van der Waals surface area (Å²) in [6, 6.07) is 2.30. The van der Waals surface area contributed by atoms with Gasteiger partial charge in [-0.2, -0.15) is 4.98 Å². The summed E-state index contributed by atoms with van der Waals surface area (Å²) in [4.78, 5) is 52.6. The number of carbonyl (C=O) groups excluding carboxylic acids is 2. The molecule has 2 aliphatic heterocycles. The van der Waals surface area contributed by atoms with Gasteiger partial charge in [0.1, 0.15) is 17.1 Å². The molecule has 2 amide bonds. The fourth-order valence-electron chi connectivity index (χ4n) is 5.97. The predicted octanol–water partition coefficient (Wildman–Crippen LogP) is 2.82. The van der Waals surface area contributed by atoms with Crippen LogP contribution in [0.25, 0.3) is 22.2 Å². The SMILES string of the molecule is C=CC(=O)N[C@H]1COC[C@H]1Nc1ncc2cc(-c3c(Cl)c(OC)cc(OC)c3Cl)c(=O)n(CCC3CN(C)CCN3C(=O)C#CC)c2n1. The van der Waals surface area contributed by atoms with Crippen LogP contribution in [0, 0.1) is 11.8 Å². The third-order valence-corrected chi connectivity index (χ3v) is 9.19. The summed E-state index contributed by atoms with van der Waals surface area (Å²) < 4.78 is 18.1. The summed E-state index contributed by atoms with van der Waals surface area (Å²) in [5.74, 6) is 5.57. The van der Waals surface area contributed by atoms with E-state index in [4.69, 9.17) is 42.4 Å². The second kappa shape index (κ2) is 15.3. The minimum absolute atomic E-state index is 0.142. The first-order chi connectivity index (χ1) is 23.1. The molecule has 48 heavy (non-hydrogen) atoms. The Hall–Kier alpha value is -4.35. The van der Waals surface area contributed by atoms with E-state index in [0.717, 1.165) is 0 Å². The highest BCUT2D eigenvalue weighted by Crippen LogP contribution is 2.45. The van der Waals surface area contributed by atoms with Gasteiger partial charge in [-0.05, 0) is 38.5 Å². The van der Waals surface area contributed by atoms with E-state index in [1.54, 1.807) is 34.7 Å². The molecule has 0 radical (unpaired) electrons. The number of halogens is 2. The van der Waals surface area contributed by atoms with Crippen molar-refractivity contribution in [1.82, 2.24) is 29.7 Å². The van der Waals surface area contributed by atoms with Gasteiger partial charge in [0.05, 0.1) is 55.1 Å². The van der Waals surface area contributed by atoms with Crippen molar-refractivity contribution in [3.8, 4) is 34.5 Å². The quantitative estimate of drug-likeness (QED) is 0.240. The van der Waals surface area contributed by atoms with E-state index in [-0.39, 0.29) is 75.1 Å². The monoisotopic (exact) mass is 697 g/mol. The molecule has 0 saturated carbocycles. The zero-order valence-electron chi connectivity index (χ0n) is 27.1. The average molecular weight is 699 g/mol. The smallest absolute Gasteiger partial charge is 0.298 e. The fourth-order valence-corrected chi connectivity index (χ4v) is 6.67. The maximum absolute atomic E-state index is 14.5. The van der Waals surface area contributed by atoms with Crippen LogP contribution >= 0.6 is 23.2 Å². The Morgan fingerprint density at radius 1 is 1.15 bits per heavy atom. The van der Waals surface area contributed by atoms with Crippen LogP contribution in [-0.4, -0.2) is 108 Å². The Labute approximate surface area is 288 Å². The van der Waals surface area contributed by atoms with Crippen molar-refractivity contribution in [2.24, 2.45) is 0 Å². The van der Waals surface area contributed by atoms with E-state index >= 15 is 0 Å². The lowest BCUT2D eigenvalue weighted by atomic mass is 10.0. The van der Waals surface area contributed by atoms with Crippen LogP contribution in [0.5, 0.6) is 11.5 Å². The van der Waals surface area contributed by atoms with Crippen molar-refractivity contribution in [2.75, 3.05) is 59.4 Å². The first-order valence-corrected chi connectivity index (χ1v) is 16.1. The van der Waals surface area contributed by atoms with Gasteiger partial charge in [0.2, 0.25) is 11.9 Å². The van der Waals surface area contributed by atoms with Gasteiger partial charge in [0, 0.05) is 55.4 Å². The molecule has 13 nitrogen and oxygen atoms in total. The first-order valence-electron chi connectivity index (χ1n) is 15.3. The Bertz CT molecular complexity index is 1830. The molecular formula is C33H37Cl2N7O6. The number of pyridine rings is 1. The largest absolute Gasteiger partial charge is 0.495 e. The molecule has 0 bridgehead atoms. The number of aromatic nitrogens is 3. The van der Waals surface area contributed by atoms with E-state index in [9.17, 15) is 14.4 Å². The fraction of sp³-hybridized carbons (Fsp3) is 0.424. The number of hydrogen-bond acceptors (Lipinski definition) is 10. The highest BCUT2D eigenvalue weighted by molar-refractivity contribution is 6.41. The molecule has 3 atom stereocenters. The number of aryl methyl sites for hydroxylation is 1.